The lowest BCUT2D eigenvalue weighted by atomic mass is 10.1. The first kappa shape index (κ1) is 17.7. The minimum Gasteiger partial charge on any atom is -0.350 e. The average Bonchev–Trinajstić information content (AvgIpc) is 2.50. The maximum absolute atomic E-state index is 11.9. The lowest BCUT2D eigenvalue weighted by molar-refractivity contribution is -0.121. The van der Waals surface area contributed by atoms with E-state index in [0.29, 0.717) is 6.42 Å². The number of amides is 1. The Kier molecular flexibility index (Phi) is 9.60. The van der Waals surface area contributed by atoms with Gasteiger partial charge >= 0.3 is 0 Å². The largest absolute Gasteiger partial charge is 0.350 e. The van der Waals surface area contributed by atoms with Crippen LogP contribution in [0.5, 0.6) is 0 Å². The molecule has 21 heavy (non-hydrogen) atoms. The molecule has 1 aromatic rings. The lowest BCUT2D eigenvalue weighted by Gasteiger charge is -2.14. The number of unbranched alkanes of at least 4 members (excludes halogenated alkanes) is 7. The zero-order chi connectivity index (χ0) is 15.3. The van der Waals surface area contributed by atoms with Crippen molar-refractivity contribution in [2.45, 2.75) is 77.7 Å². The highest BCUT2D eigenvalue weighted by Crippen LogP contribution is 2.13. The van der Waals surface area contributed by atoms with Crippen molar-refractivity contribution in [3.05, 3.63) is 35.9 Å². The van der Waals surface area contributed by atoms with Gasteiger partial charge in [-0.1, -0.05) is 82.2 Å². The zero-order valence-electron chi connectivity index (χ0n) is 13.7. The first-order chi connectivity index (χ1) is 10.2. The van der Waals surface area contributed by atoms with E-state index < -0.39 is 0 Å². The van der Waals surface area contributed by atoms with Crippen LogP contribution in [-0.2, 0) is 4.79 Å². The molecule has 0 spiro atoms. The van der Waals surface area contributed by atoms with Gasteiger partial charge in [0.2, 0.25) is 5.91 Å². The number of hydrogen-bond donors (Lipinski definition) is 1. The van der Waals surface area contributed by atoms with Crippen molar-refractivity contribution in [3.8, 4) is 0 Å². The highest BCUT2D eigenvalue weighted by atomic mass is 16.1. The second-order valence-electron chi connectivity index (χ2n) is 5.92. The molecular weight excluding hydrogens is 258 g/mol. The molecule has 0 saturated heterocycles. The van der Waals surface area contributed by atoms with E-state index in [2.05, 4.69) is 24.4 Å². The summed E-state index contributed by atoms with van der Waals surface area (Å²) < 4.78 is 0. The normalized spacial score (nSPS) is 12.1. The fourth-order valence-electron chi connectivity index (χ4n) is 2.56. The minimum absolute atomic E-state index is 0.104. The highest BCUT2D eigenvalue weighted by molar-refractivity contribution is 5.76. The van der Waals surface area contributed by atoms with Gasteiger partial charge in [0.1, 0.15) is 0 Å². The predicted octanol–water partition coefficient (Wildman–Crippen LogP) is 5.39. The maximum Gasteiger partial charge on any atom is 0.220 e. The van der Waals surface area contributed by atoms with Crippen LogP contribution >= 0.6 is 0 Å². The molecule has 1 rings (SSSR count). The molecular formula is C19H31NO. The topological polar surface area (TPSA) is 29.1 Å². The van der Waals surface area contributed by atoms with Gasteiger partial charge in [0.05, 0.1) is 6.04 Å². The fourth-order valence-corrected chi connectivity index (χ4v) is 2.56. The van der Waals surface area contributed by atoms with Crippen molar-refractivity contribution in [2.75, 3.05) is 0 Å². The molecule has 1 unspecified atom stereocenters. The van der Waals surface area contributed by atoms with E-state index in [-0.39, 0.29) is 11.9 Å². The van der Waals surface area contributed by atoms with Crippen molar-refractivity contribution in [3.63, 3.8) is 0 Å². The molecule has 2 heteroatoms. The molecule has 0 aliphatic carbocycles. The summed E-state index contributed by atoms with van der Waals surface area (Å²) in [5, 5.41) is 3.08. The van der Waals surface area contributed by atoms with E-state index in [4.69, 9.17) is 0 Å². The van der Waals surface area contributed by atoms with E-state index in [0.717, 1.165) is 6.42 Å². The molecule has 0 aromatic heterocycles. The summed E-state index contributed by atoms with van der Waals surface area (Å²) in [6.07, 6.45) is 10.8. The Hall–Kier alpha value is -1.31. The van der Waals surface area contributed by atoms with Crippen LogP contribution in [0.1, 0.15) is 83.2 Å². The smallest absolute Gasteiger partial charge is 0.220 e. The van der Waals surface area contributed by atoms with Crippen LogP contribution in [0.25, 0.3) is 0 Å². The van der Waals surface area contributed by atoms with Gasteiger partial charge < -0.3 is 5.32 Å². The molecule has 0 bridgehead atoms. The molecule has 0 saturated carbocycles. The standard InChI is InChI=1S/C19H31NO/c1-3-4-5-6-7-8-9-13-16-19(21)20-17(2)18-14-11-10-12-15-18/h10-12,14-15,17H,3-9,13,16H2,1-2H3,(H,20,21). The van der Waals surface area contributed by atoms with Gasteiger partial charge in [-0.15, -0.1) is 0 Å². The summed E-state index contributed by atoms with van der Waals surface area (Å²) in [4.78, 5) is 11.9. The molecule has 0 fully saturated rings. The molecule has 0 radical (unpaired) electrons. The Balaban J connectivity index is 2.04. The zero-order valence-corrected chi connectivity index (χ0v) is 13.7. The summed E-state index contributed by atoms with van der Waals surface area (Å²) in [5.41, 5.74) is 1.17. The third-order valence-corrected chi connectivity index (χ3v) is 3.93. The molecule has 0 aliphatic rings. The highest BCUT2D eigenvalue weighted by Gasteiger charge is 2.08. The van der Waals surface area contributed by atoms with E-state index in [1.807, 2.05) is 25.1 Å². The van der Waals surface area contributed by atoms with Crippen LogP contribution in [0.4, 0.5) is 0 Å². The summed E-state index contributed by atoms with van der Waals surface area (Å²) in [6, 6.07) is 10.2. The maximum atomic E-state index is 11.9. The SMILES string of the molecule is CCCCCCCCCCC(=O)NC(C)c1ccccc1. The van der Waals surface area contributed by atoms with Crippen molar-refractivity contribution in [1.82, 2.24) is 5.32 Å². The first-order valence-corrected chi connectivity index (χ1v) is 8.58. The average molecular weight is 289 g/mol. The third kappa shape index (κ3) is 8.54. The van der Waals surface area contributed by atoms with Gasteiger partial charge in [-0.25, -0.2) is 0 Å². The molecule has 2 nitrogen and oxygen atoms in total. The summed E-state index contributed by atoms with van der Waals surface area (Å²) >= 11 is 0. The number of rotatable bonds is 11. The Morgan fingerprint density at radius 2 is 1.52 bits per heavy atom. The van der Waals surface area contributed by atoms with Gasteiger partial charge in [0, 0.05) is 6.42 Å². The summed E-state index contributed by atoms with van der Waals surface area (Å²) in [7, 11) is 0. The van der Waals surface area contributed by atoms with Gasteiger partial charge in [0.15, 0.2) is 0 Å². The Labute approximate surface area is 130 Å². The molecule has 118 valence electrons. The lowest BCUT2D eigenvalue weighted by Crippen LogP contribution is -2.26. The Bertz CT molecular complexity index is 374. The van der Waals surface area contributed by atoms with E-state index in [1.165, 1.54) is 50.5 Å². The minimum atomic E-state index is 0.104. The molecule has 0 heterocycles. The predicted molar refractivity (Wildman–Crippen MR) is 90.2 cm³/mol. The van der Waals surface area contributed by atoms with E-state index in [9.17, 15) is 4.79 Å². The summed E-state index contributed by atoms with van der Waals surface area (Å²) in [6.45, 7) is 4.29. The van der Waals surface area contributed by atoms with Crippen LogP contribution in [0.2, 0.25) is 0 Å². The number of benzene rings is 1. The summed E-state index contributed by atoms with van der Waals surface area (Å²) in [5.74, 6) is 0.178. The van der Waals surface area contributed by atoms with Gasteiger partial charge in [-0.2, -0.15) is 0 Å². The Morgan fingerprint density at radius 3 is 2.14 bits per heavy atom. The second-order valence-corrected chi connectivity index (χ2v) is 5.92. The van der Waals surface area contributed by atoms with Crippen LogP contribution in [0, 0.1) is 0 Å². The molecule has 1 amide bonds. The van der Waals surface area contributed by atoms with Crippen LogP contribution in [0.15, 0.2) is 30.3 Å². The molecule has 1 N–H and O–H groups in total. The molecule has 0 aliphatic heterocycles. The van der Waals surface area contributed by atoms with Crippen molar-refractivity contribution in [2.24, 2.45) is 0 Å². The number of carbonyl (C=O) groups is 1. The van der Waals surface area contributed by atoms with Gasteiger partial charge in [-0.3, -0.25) is 4.79 Å². The Morgan fingerprint density at radius 1 is 0.952 bits per heavy atom. The number of carbonyl (C=O) groups excluding carboxylic acids is 1. The van der Waals surface area contributed by atoms with Gasteiger partial charge in [-0.05, 0) is 18.9 Å². The van der Waals surface area contributed by atoms with Crippen molar-refractivity contribution < 1.29 is 4.79 Å². The monoisotopic (exact) mass is 289 g/mol. The number of nitrogens with one attached hydrogen (secondary N) is 1. The second kappa shape index (κ2) is 11.4. The quantitative estimate of drug-likeness (QED) is 0.543. The van der Waals surface area contributed by atoms with Crippen LogP contribution in [-0.4, -0.2) is 5.91 Å². The van der Waals surface area contributed by atoms with Crippen LogP contribution < -0.4 is 5.32 Å². The van der Waals surface area contributed by atoms with Crippen molar-refractivity contribution in [1.29, 1.82) is 0 Å². The fraction of sp³-hybridized carbons (Fsp3) is 0.632. The number of hydrogen-bond acceptors (Lipinski definition) is 1. The van der Waals surface area contributed by atoms with Crippen LogP contribution in [0.3, 0.4) is 0 Å². The molecule has 1 atom stereocenters. The molecule has 1 aromatic carbocycles. The third-order valence-electron chi connectivity index (χ3n) is 3.93. The van der Waals surface area contributed by atoms with Crippen molar-refractivity contribution >= 4 is 5.91 Å². The van der Waals surface area contributed by atoms with E-state index >= 15 is 0 Å². The first-order valence-electron chi connectivity index (χ1n) is 8.58. The van der Waals surface area contributed by atoms with Gasteiger partial charge in [0.25, 0.3) is 0 Å². The van der Waals surface area contributed by atoms with E-state index in [1.54, 1.807) is 0 Å².